The molecule has 0 aliphatic rings. The molecule has 2 heterocycles. The van der Waals surface area contributed by atoms with Crippen LogP contribution in [0.1, 0.15) is 29.6 Å². The number of anilines is 1. The third-order valence-corrected chi connectivity index (χ3v) is 5.06. The van der Waals surface area contributed by atoms with Gasteiger partial charge in [0.2, 0.25) is 11.8 Å². The molecule has 0 saturated carbocycles. The lowest BCUT2D eigenvalue weighted by Crippen LogP contribution is -2.14. The Morgan fingerprint density at radius 2 is 1.97 bits per heavy atom. The van der Waals surface area contributed by atoms with Crippen molar-refractivity contribution in [3.63, 3.8) is 0 Å². The molecule has 0 aliphatic carbocycles. The molecule has 2 aromatic carbocycles. The molecular weight excluding hydrogens is 442 g/mol. The number of hydrogen-bond donors (Lipinski definition) is 1. The van der Waals surface area contributed by atoms with Gasteiger partial charge in [-0.1, -0.05) is 0 Å². The number of aromatic nitrogens is 3. The van der Waals surface area contributed by atoms with Crippen LogP contribution in [0.15, 0.2) is 58.5 Å². The number of carbonyl (C=O) groups excluding carboxylic acids is 1. The van der Waals surface area contributed by atoms with Crippen molar-refractivity contribution in [3.05, 3.63) is 65.5 Å². The highest BCUT2D eigenvalue weighted by Crippen LogP contribution is 2.30. The van der Waals surface area contributed by atoms with E-state index in [0.717, 1.165) is 5.56 Å². The van der Waals surface area contributed by atoms with Gasteiger partial charge in [-0.3, -0.25) is 10.1 Å². The Morgan fingerprint density at radius 1 is 1.18 bits per heavy atom. The first-order valence-corrected chi connectivity index (χ1v) is 10.9. The maximum absolute atomic E-state index is 12.8. The Kier molecular flexibility index (Phi) is 6.61. The number of nitrogens with zero attached hydrogens (tertiary/aromatic N) is 4. The number of rotatable bonds is 8. The number of aryl methyl sites for hydroxylation is 1. The third-order valence-electron chi connectivity index (χ3n) is 4.37. The van der Waals surface area contributed by atoms with Gasteiger partial charge in [-0.15, -0.1) is 21.5 Å². The van der Waals surface area contributed by atoms with E-state index in [0.29, 0.717) is 39.7 Å². The standard InChI is InChI=1S/C23H19N5O4S/c1-14(7-8-24)30-19-11-17(21(29)26-23-25-9-10-33-23)12-20(13-19)32-18-5-3-16(4-6-18)22-28-27-15(2)31-22/h3-6,9-14H,7H2,1-2H3,(H,25,26,29). The Bertz CT molecular complexity index is 1280. The zero-order valence-corrected chi connectivity index (χ0v) is 18.6. The molecule has 4 rings (SSSR count). The van der Waals surface area contributed by atoms with Crippen LogP contribution in [-0.4, -0.2) is 27.2 Å². The lowest BCUT2D eigenvalue weighted by Gasteiger charge is -2.15. The fourth-order valence-corrected chi connectivity index (χ4v) is 3.43. The molecule has 4 aromatic rings. The molecule has 0 saturated heterocycles. The highest BCUT2D eigenvalue weighted by atomic mass is 32.1. The summed E-state index contributed by atoms with van der Waals surface area (Å²) in [5, 5.41) is 21.7. The van der Waals surface area contributed by atoms with Gasteiger partial charge in [0.25, 0.3) is 5.91 Å². The number of carbonyl (C=O) groups is 1. The van der Waals surface area contributed by atoms with Gasteiger partial charge in [-0.05, 0) is 43.3 Å². The molecule has 1 unspecified atom stereocenters. The molecule has 33 heavy (non-hydrogen) atoms. The average Bonchev–Trinajstić information content (AvgIpc) is 3.46. The van der Waals surface area contributed by atoms with Crippen molar-refractivity contribution in [1.29, 1.82) is 5.26 Å². The lowest BCUT2D eigenvalue weighted by molar-refractivity contribution is 0.102. The monoisotopic (exact) mass is 461 g/mol. The van der Waals surface area contributed by atoms with E-state index in [2.05, 4.69) is 26.6 Å². The van der Waals surface area contributed by atoms with Gasteiger partial charge in [-0.25, -0.2) is 4.98 Å². The van der Waals surface area contributed by atoms with Crippen molar-refractivity contribution in [2.24, 2.45) is 0 Å². The summed E-state index contributed by atoms with van der Waals surface area (Å²) in [5.41, 5.74) is 1.09. The van der Waals surface area contributed by atoms with Crippen molar-refractivity contribution in [2.75, 3.05) is 5.32 Å². The maximum atomic E-state index is 12.8. The molecule has 0 aliphatic heterocycles. The second kappa shape index (κ2) is 9.93. The summed E-state index contributed by atoms with van der Waals surface area (Å²) in [7, 11) is 0. The number of thiazole rings is 1. The summed E-state index contributed by atoms with van der Waals surface area (Å²) in [6.45, 7) is 3.51. The second-order valence-corrected chi connectivity index (χ2v) is 7.92. The van der Waals surface area contributed by atoms with Crippen LogP contribution in [0.25, 0.3) is 11.5 Å². The molecule has 0 fully saturated rings. The second-order valence-electron chi connectivity index (χ2n) is 7.03. The molecule has 9 nitrogen and oxygen atoms in total. The van der Waals surface area contributed by atoms with E-state index in [4.69, 9.17) is 19.2 Å². The van der Waals surface area contributed by atoms with Crippen molar-refractivity contribution in [3.8, 4) is 34.8 Å². The first kappa shape index (κ1) is 22.0. The van der Waals surface area contributed by atoms with Crippen LogP contribution in [0.5, 0.6) is 17.2 Å². The summed E-state index contributed by atoms with van der Waals surface area (Å²) >= 11 is 1.32. The van der Waals surface area contributed by atoms with Crippen molar-refractivity contribution in [2.45, 2.75) is 26.4 Å². The Balaban J connectivity index is 1.57. The lowest BCUT2D eigenvalue weighted by atomic mass is 10.1. The maximum Gasteiger partial charge on any atom is 0.257 e. The summed E-state index contributed by atoms with van der Waals surface area (Å²) in [6.07, 6.45) is 1.47. The van der Waals surface area contributed by atoms with Crippen molar-refractivity contribution >= 4 is 22.4 Å². The summed E-state index contributed by atoms with van der Waals surface area (Å²) in [4.78, 5) is 16.8. The van der Waals surface area contributed by atoms with E-state index in [1.54, 1.807) is 67.9 Å². The topological polar surface area (TPSA) is 123 Å². The first-order valence-electron chi connectivity index (χ1n) is 9.98. The number of hydrogen-bond acceptors (Lipinski definition) is 9. The Hall–Kier alpha value is -4.23. The van der Waals surface area contributed by atoms with Crippen LogP contribution in [0.3, 0.4) is 0 Å². The average molecular weight is 462 g/mol. The molecule has 1 atom stereocenters. The van der Waals surface area contributed by atoms with Gasteiger partial charge in [0.15, 0.2) is 5.13 Å². The van der Waals surface area contributed by atoms with Crippen molar-refractivity contribution < 1.29 is 18.7 Å². The molecule has 0 bridgehead atoms. The van der Waals surface area contributed by atoms with Gasteiger partial charge >= 0.3 is 0 Å². The largest absolute Gasteiger partial charge is 0.489 e. The molecule has 166 valence electrons. The number of amides is 1. The van der Waals surface area contributed by atoms with Gasteiger partial charge in [0.1, 0.15) is 23.4 Å². The molecule has 2 aromatic heterocycles. The quantitative estimate of drug-likeness (QED) is 0.378. The Labute approximate surface area is 193 Å². The van der Waals surface area contributed by atoms with Gasteiger partial charge in [0, 0.05) is 35.7 Å². The van der Waals surface area contributed by atoms with E-state index in [9.17, 15) is 4.79 Å². The predicted molar refractivity (Wildman–Crippen MR) is 121 cm³/mol. The van der Waals surface area contributed by atoms with Crippen LogP contribution >= 0.6 is 11.3 Å². The fourth-order valence-electron chi connectivity index (χ4n) is 2.90. The molecule has 0 spiro atoms. The van der Waals surface area contributed by atoms with E-state index in [-0.39, 0.29) is 18.4 Å². The minimum atomic E-state index is -0.352. The fraction of sp³-hybridized carbons (Fsp3) is 0.174. The van der Waals surface area contributed by atoms with Crippen LogP contribution in [-0.2, 0) is 0 Å². The van der Waals surface area contributed by atoms with Gasteiger partial charge in [0.05, 0.1) is 12.5 Å². The third kappa shape index (κ3) is 5.72. The minimum Gasteiger partial charge on any atom is -0.489 e. The SMILES string of the molecule is Cc1nnc(-c2ccc(Oc3cc(OC(C)CC#N)cc(C(=O)Nc4nccs4)c3)cc2)o1. The zero-order valence-electron chi connectivity index (χ0n) is 17.8. The predicted octanol–water partition coefficient (Wildman–Crippen LogP) is 5.23. The van der Waals surface area contributed by atoms with Crippen LogP contribution < -0.4 is 14.8 Å². The van der Waals surface area contributed by atoms with Crippen LogP contribution in [0.2, 0.25) is 0 Å². The summed E-state index contributed by atoms with van der Waals surface area (Å²) in [5.74, 6) is 1.91. The molecule has 1 amide bonds. The van der Waals surface area contributed by atoms with Crippen LogP contribution in [0, 0.1) is 18.3 Å². The number of nitrogens with one attached hydrogen (secondary N) is 1. The smallest absolute Gasteiger partial charge is 0.257 e. The Morgan fingerprint density at radius 3 is 2.64 bits per heavy atom. The van der Waals surface area contributed by atoms with E-state index in [1.807, 2.05) is 0 Å². The molecular formula is C23H19N5O4S. The summed E-state index contributed by atoms with van der Waals surface area (Å²) in [6, 6.07) is 14.1. The molecule has 1 N–H and O–H groups in total. The molecule has 10 heteroatoms. The highest BCUT2D eigenvalue weighted by Gasteiger charge is 2.14. The van der Waals surface area contributed by atoms with E-state index >= 15 is 0 Å². The van der Waals surface area contributed by atoms with Gasteiger partial charge in [-0.2, -0.15) is 5.26 Å². The number of nitriles is 1. The highest BCUT2D eigenvalue weighted by molar-refractivity contribution is 7.13. The number of ether oxygens (including phenoxy) is 2. The normalized spacial score (nSPS) is 11.4. The van der Waals surface area contributed by atoms with Gasteiger partial charge < -0.3 is 13.9 Å². The summed E-state index contributed by atoms with van der Waals surface area (Å²) < 4.78 is 17.2. The molecule has 0 radical (unpaired) electrons. The minimum absolute atomic E-state index is 0.211. The number of benzene rings is 2. The van der Waals surface area contributed by atoms with Crippen molar-refractivity contribution in [1.82, 2.24) is 15.2 Å². The van der Waals surface area contributed by atoms with E-state index in [1.165, 1.54) is 11.3 Å². The van der Waals surface area contributed by atoms with Crippen LogP contribution in [0.4, 0.5) is 5.13 Å². The first-order chi connectivity index (χ1) is 16.0. The van der Waals surface area contributed by atoms with E-state index < -0.39 is 0 Å². The zero-order chi connectivity index (χ0) is 23.2.